The molecule has 0 saturated carbocycles. The molecule has 11 heteroatoms. The molecule has 3 amide bonds. The van der Waals surface area contributed by atoms with Crippen LogP contribution in [-0.2, 0) is 19.6 Å². The molecule has 0 spiro atoms. The highest BCUT2D eigenvalue weighted by Gasteiger charge is 2.16. The van der Waals surface area contributed by atoms with Gasteiger partial charge in [0, 0.05) is 5.56 Å². The van der Waals surface area contributed by atoms with Crippen molar-refractivity contribution in [1.82, 2.24) is 20.9 Å². The van der Waals surface area contributed by atoms with E-state index in [1.54, 1.807) is 36.4 Å². The number of hydrogen-bond acceptors (Lipinski definition) is 6. The quantitative estimate of drug-likeness (QED) is 0.403. The summed E-state index contributed by atoms with van der Waals surface area (Å²) in [7, 11) is -3.85. The molecule has 0 unspecified atom stereocenters. The summed E-state index contributed by atoms with van der Waals surface area (Å²) < 4.78 is 31.9. The van der Waals surface area contributed by atoms with Gasteiger partial charge in [-0.3, -0.25) is 25.2 Å². The van der Waals surface area contributed by atoms with Gasteiger partial charge in [0.1, 0.15) is 5.75 Å². The van der Waals surface area contributed by atoms with Gasteiger partial charge in [0.15, 0.2) is 0 Å². The maximum atomic E-state index is 12.1. The number of sulfonamides is 1. The average molecular weight is 463 g/mol. The number of carbonyl (C=O) groups excluding carboxylic acids is 3. The molecule has 2 rings (SSSR count). The van der Waals surface area contributed by atoms with Crippen LogP contribution in [0.4, 0.5) is 0 Å². The minimum Gasteiger partial charge on any atom is -0.491 e. The van der Waals surface area contributed by atoms with Crippen molar-refractivity contribution in [3.05, 3.63) is 59.7 Å². The highest BCUT2D eigenvalue weighted by atomic mass is 32.2. The summed E-state index contributed by atoms with van der Waals surface area (Å²) in [5, 5.41) is 2.26. The van der Waals surface area contributed by atoms with Crippen molar-refractivity contribution in [1.29, 1.82) is 0 Å². The number of rotatable bonds is 9. The van der Waals surface area contributed by atoms with Crippen LogP contribution in [0.25, 0.3) is 0 Å². The Balaban J connectivity index is 1.72. The predicted octanol–water partition coefficient (Wildman–Crippen LogP) is 0.638. The smallest absolute Gasteiger partial charge is 0.269 e. The van der Waals surface area contributed by atoms with Crippen LogP contribution in [0.5, 0.6) is 5.75 Å². The van der Waals surface area contributed by atoms with E-state index in [4.69, 9.17) is 4.74 Å². The number of hydrogen-bond donors (Lipinski definition) is 4. The number of aryl methyl sites for hydroxylation is 1. The van der Waals surface area contributed by atoms with Crippen molar-refractivity contribution in [2.75, 3.05) is 13.1 Å². The van der Waals surface area contributed by atoms with Gasteiger partial charge in [0.05, 0.1) is 24.1 Å². The van der Waals surface area contributed by atoms with Gasteiger partial charge in [0.25, 0.3) is 11.8 Å². The molecule has 2 aromatic rings. The zero-order valence-electron chi connectivity index (χ0n) is 18.0. The van der Waals surface area contributed by atoms with Crippen LogP contribution in [0.2, 0.25) is 0 Å². The molecule has 4 N–H and O–H groups in total. The molecule has 10 nitrogen and oxygen atoms in total. The van der Waals surface area contributed by atoms with Crippen molar-refractivity contribution in [2.24, 2.45) is 0 Å². The second-order valence-electron chi connectivity index (χ2n) is 7.11. The minimum absolute atomic E-state index is 0.00193. The minimum atomic E-state index is -3.85. The van der Waals surface area contributed by atoms with Gasteiger partial charge >= 0.3 is 0 Å². The zero-order valence-corrected chi connectivity index (χ0v) is 18.8. The van der Waals surface area contributed by atoms with E-state index < -0.39 is 40.8 Å². The predicted molar refractivity (Wildman–Crippen MR) is 117 cm³/mol. The third-order valence-electron chi connectivity index (χ3n) is 4.00. The largest absolute Gasteiger partial charge is 0.491 e. The molecule has 0 aliphatic carbocycles. The van der Waals surface area contributed by atoms with Crippen molar-refractivity contribution >= 4 is 27.7 Å². The maximum absolute atomic E-state index is 12.1. The zero-order chi connectivity index (χ0) is 23.7. The molecule has 2 aromatic carbocycles. The summed E-state index contributed by atoms with van der Waals surface area (Å²) in [5.41, 5.74) is 5.59. The van der Waals surface area contributed by atoms with Crippen LogP contribution in [0.3, 0.4) is 0 Å². The molecule has 0 bridgehead atoms. The standard InChI is InChI=1S/C21H26N4O6S/c1-14(2)31-17-8-6-16(7-9-17)21(28)25-24-20(27)12-22-19(26)13-23-32(29,30)18-10-4-15(3)5-11-18/h4-11,14,23H,12-13H2,1-3H3,(H,22,26)(H,24,27)(H,25,28). The Morgan fingerprint density at radius 1 is 0.875 bits per heavy atom. The Morgan fingerprint density at radius 3 is 2.09 bits per heavy atom. The first-order chi connectivity index (χ1) is 15.1. The van der Waals surface area contributed by atoms with Crippen molar-refractivity contribution in [3.63, 3.8) is 0 Å². The van der Waals surface area contributed by atoms with Crippen LogP contribution in [0.1, 0.15) is 29.8 Å². The summed E-state index contributed by atoms with van der Waals surface area (Å²) in [6.45, 7) is 4.60. The highest BCUT2D eigenvalue weighted by Crippen LogP contribution is 2.13. The summed E-state index contributed by atoms with van der Waals surface area (Å²) in [6, 6.07) is 12.5. The molecule has 0 heterocycles. The Labute approximate surface area is 186 Å². The van der Waals surface area contributed by atoms with Gasteiger partial charge in [0.2, 0.25) is 15.9 Å². The number of benzene rings is 2. The topological polar surface area (TPSA) is 143 Å². The summed E-state index contributed by atoms with van der Waals surface area (Å²) in [4.78, 5) is 35.7. The second kappa shape index (κ2) is 11.3. The average Bonchev–Trinajstić information content (AvgIpc) is 2.75. The van der Waals surface area contributed by atoms with Crippen LogP contribution < -0.4 is 25.6 Å². The molecule has 0 aliphatic heterocycles. The Bertz CT molecular complexity index is 1050. The first-order valence-electron chi connectivity index (χ1n) is 9.76. The monoisotopic (exact) mass is 462 g/mol. The van der Waals surface area contributed by atoms with Crippen molar-refractivity contribution in [3.8, 4) is 5.75 Å². The Morgan fingerprint density at radius 2 is 1.50 bits per heavy atom. The molecule has 172 valence electrons. The Kier molecular flexibility index (Phi) is 8.73. The van der Waals surface area contributed by atoms with E-state index in [1.807, 2.05) is 20.8 Å². The maximum Gasteiger partial charge on any atom is 0.269 e. The lowest BCUT2D eigenvalue weighted by atomic mass is 10.2. The van der Waals surface area contributed by atoms with E-state index in [9.17, 15) is 22.8 Å². The van der Waals surface area contributed by atoms with Gasteiger partial charge in [-0.25, -0.2) is 13.1 Å². The van der Waals surface area contributed by atoms with Crippen LogP contribution in [-0.4, -0.2) is 45.3 Å². The van der Waals surface area contributed by atoms with Gasteiger partial charge in [-0.2, -0.15) is 0 Å². The molecule has 0 radical (unpaired) electrons. The fourth-order valence-electron chi connectivity index (χ4n) is 2.40. The lowest BCUT2D eigenvalue weighted by molar-refractivity contribution is -0.125. The Hall–Kier alpha value is -3.44. The van der Waals surface area contributed by atoms with Gasteiger partial charge in [-0.05, 0) is 57.2 Å². The van der Waals surface area contributed by atoms with E-state index in [2.05, 4.69) is 20.9 Å². The van der Waals surface area contributed by atoms with Gasteiger partial charge in [-0.15, -0.1) is 0 Å². The molecule has 32 heavy (non-hydrogen) atoms. The van der Waals surface area contributed by atoms with Crippen LogP contribution in [0.15, 0.2) is 53.4 Å². The number of nitrogens with one attached hydrogen (secondary N) is 4. The first kappa shape index (κ1) is 24.8. The van der Waals surface area contributed by atoms with E-state index in [-0.39, 0.29) is 11.0 Å². The van der Waals surface area contributed by atoms with Crippen LogP contribution >= 0.6 is 0 Å². The van der Waals surface area contributed by atoms with Crippen molar-refractivity contribution < 1.29 is 27.5 Å². The lowest BCUT2D eigenvalue weighted by Gasteiger charge is -2.11. The lowest BCUT2D eigenvalue weighted by Crippen LogP contribution is -2.47. The summed E-state index contributed by atoms with van der Waals surface area (Å²) in [5.74, 6) is -1.33. The molecule has 0 atom stereocenters. The van der Waals surface area contributed by atoms with E-state index in [1.165, 1.54) is 12.1 Å². The number of ether oxygens (including phenoxy) is 1. The molecule has 0 aliphatic rings. The molecule has 0 saturated heterocycles. The van der Waals surface area contributed by atoms with E-state index in [0.29, 0.717) is 11.3 Å². The summed E-state index contributed by atoms with van der Waals surface area (Å²) >= 11 is 0. The molecular formula is C21H26N4O6S. The third-order valence-corrected chi connectivity index (χ3v) is 5.42. The fraction of sp³-hybridized carbons (Fsp3) is 0.286. The van der Waals surface area contributed by atoms with Gasteiger partial charge in [-0.1, -0.05) is 17.7 Å². The fourth-order valence-corrected chi connectivity index (χ4v) is 3.38. The SMILES string of the molecule is Cc1ccc(S(=O)(=O)NCC(=O)NCC(=O)NNC(=O)c2ccc(OC(C)C)cc2)cc1. The number of carbonyl (C=O) groups is 3. The molecule has 0 fully saturated rings. The van der Waals surface area contributed by atoms with Gasteiger partial charge < -0.3 is 10.1 Å². The van der Waals surface area contributed by atoms with Crippen molar-refractivity contribution in [2.45, 2.75) is 31.8 Å². The normalized spacial score (nSPS) is 11.0. The summed E-state index contributed by atoms with van der Waals surface area (Å²) in [6.07, 6.45) is 0.00193. The number of hydrazine groups is 1. The second-order valence-corrected chi connectivity index (χ2v) is 8.87. The highest BCUT2D eigenvalue weighted by molar-refractivity contribution is 7.89. The molecule has 0 aromatic heterocycles. The van der Waals surface area contributed by atoms with Crippen LogP contribution in [0, 0.1) is 6.92 Å². The third kappa shape index (κ3) is 8.00. The van der Waals surface area contributed by atoms with E-state index >= 15 is 0 Å². The molecular weight excluding hydrogens is 436 g/mol. The van der Waals surface area contributed by atoms with E-state index in [0.717, 1.165) is 5.56 Å². The first-order valence-corrected chi connectivity index (χ1v) is 11.2. The number of amides is 3.